The maximum absolute atomic E-state index is 9.39. The lowest BCUT2D eigenvalue weighted by Gasteiger charge is -2.09. The molecule has 0 spiro atoms. The van der Waals surface area contributed by atoms with Gasteiger partial charge in [-0.15, -0.1) is 0 Å². The molecule has 4 nitrogen and oxygen atoms in total. The van der Waals surface area contributed by atoms with Gasteiger partial charge in [-0.2, -0.15) is 0 Å². The second-order valence-electron chi connectivity index (χ2n) is 3.73. The Morgan fingerprint density at radius 3 is 2.88 bits per heavy atom. The number of rotatable bonds is 4. The fourth-order valence-corrected chi connectivity index (χ4v) is 1.75. The smallest absolute Gasteiger partial charge is 0.119 e. The maximum atomic E-state index is 9.39. The van der Waals surface area contributed by atoms with Crippen molar-refractivity contribution in [2.75, 3.05) is 13.7 Å². The average molecular weight is 221 g/mol. The number of aromatic nitrogens is 1. The van der Waals surface area contributed by atoms with Crippen molar-refractivity contribution in [3.8, 4) is 5.75 Å². The van der Waals surface area contributed by atoms with E-state index in [-0.39, 0.29) is 6.61 Å². The summed E-state index contributed by atoms with van der Waals surface area (Å²) in [5.74, 6) is 0.813. The molecule has 0 radical (unpaired) electrons. The predicted molar refractivity (Wildman–Crippen MR) is 61.6 cm³/mol. The standard InChI is InChI=1S/C12H15NO3/c1-16-11-2-3-12-9(6-11)4-5-13(12)7-10(15)8-14/h2-6,10,14-15H,7-8H2,1H3. The lowest BCUT2D eigenvalue weighted by atomic mass is 10.2. The highest BCUT2D eigenvalue weighted by Gasteiger charge is 2.06. The minimum Gasteiger partial charge on any atom is -0.497 e. The molecule has 1 aromatic carbocycles. The van der Waals surface area contributed by atoms with Crippen LogP contribution in [0.5, 0.6) is 5.75 Å². The number of nitrogens with zero attached hydrogens (tertiary/aromatic N) is 1. The fraction of sp³-hybridized carbons (Fsp3) is 0.333. The van der Waals surface area contributed by atoms with Gasteiger partial charge in [0.15, 0.2) is 0 Å². The number of ether oxygens (including phenoxy) is 1. The van der Waals surface area contributed by atoms with Crippen molar-refractivity contribution < 1.29 is 14.9 Å². The van der Waals surface area contributed by atoms with Crippen molar-refractivity contribution in [2.24, 2.45) is 0 Å². The van der Waals surface area contributed by atoms with E-state index in [0.717, 1.165) is 16.7 Å². The summed E-state index contributed by atoms with van der Waals surface area (Å²) in [5, 5.41) is 19.3. The molecule has 0 aliphatic heterocycles. The first-order valence-corrected chi connectivity index (χ1v) is 5.16. The normalized spacial score (nSPS) is 12.9. The predicted octanol–water partition coefficient (Wildman–Crippen LogP) is 1.00. The molecule has 2 N–H and O–H groups in total. The zero-order valence-corrected chi connectivity index (χ0v) is 9.13. The first-order valence-electron chi connectivity index (χ1n) is 5.16. The molecule has 0 saturated carbocycles. The van der Waals surface area contributed by atoms with Crippen LogP contribution in [0.25, 0.3) is 10.9 Å². The van der Waals surface area contributed by atoms with Gasteiger partial charge in [-0.3, -0.25) is 0 Å². The van der Waals surface area contributed by atoms with E-state index < -0.39 is 6.10 Å². The molecule has 0 amide bonds. The van der Waals surface area contributed by atoms with Crippen molar-refractivity contribution in [3.63, 3.8) is 0 Å². The van der Waals surface area contributed by atoms with Gasteiger partial charge in [-0.25, -0.2) is 0 Å². The van der Waals surface area contributed by atoms with Crippen molar-refractivity contribution in [3.05, 3.63) is 30.5 Å². The molecular weight excluding hydrogens is 206 g/mol. The number of aliphatic hydroxyl groups is 2. The van der Waals surface area contributed by atoms with Gasteiger partial charge >= 0.3 is 0 Å². The minimum atomic E-state index is -0.724. The van der Waals surface area contributed by atoms with E-state index in [9.17, 15) is 5.11 Å². The second kappa shape index (κ2) is 4.55. The van der Waals surface area contributed by atoms with Crippen molar-refractivity contribution >= 4 is 10.9 Å². The van der Waals surface area contributed by atoms with Crippen LogP contribution in [-0.4, -0.2) is 34.6 Å². The fourth-order valence-electron chi connectivity index (χ4n) is 1.75. The van der Waals surface area contributed by atoms with Crippen molar-refractivity contribution in [2.45, 2.75) is 12.6 Å². The number of methoxy groups -OCH3 is 1. The summed E-state index contributed by atoms with van der Waals surface area (Å²) in [6, 6.07) is 7.72. The summed E-state index contributed by atoms with van der Waals surface area (Å²) >= 11 is 0. The Labute approximate surface area is 93.7 Å². The van der Waals surface area contributed by atoms with Gasteiger partial charge in [0.2, 0.25) is 0 Å². The molecule has 0 saturated heterocycles. The van der Waals surface area contributed by atoms with E-state index >= 15 is 0 Å². The van der Waals surface area contributed by atoms with Crippen LogP contribution in [0, 0.1) is 0 Å². The van der Waals surface area contributed by atoms with Gasteiger partial charge in [-0.05, 0) is 24.3 Å². The molecule has 2 aromatic rings. The van der Waals surface area contributed by atoms with Crippen LogP contribution >= 0.6 is 0 Å². The molecule has 1 aromatic heterocycles. The van der Waals surface area contributed by atoms with Crippen LogP contribution in [0.1, 0.15) is 0 Å². The summed E-state index contributed by atoms with van der Waals surface area (Å²) in [5.41, 5.74) is 1.02. The molecule has 0 fully saturated rings. The molecule has 0 bridgehead atoms. The Kier molecular flexibility index (Phi) is 3.12. The summed E-state index contributed by atoms with van der Waals surface area (Å²) in [4.78, 5) is 0. The zero-order valence-electron chi connectivity index (χ0n) is 9.13. The van der Waals surface area contributed by atoms with Crippen molar-refractivity contribution in [1.29, 1.82) is 0 Å². The first kappa shape index (κ1) is 11.0. The Balaban J connectivity index is 2.34. The molecule has 2 rings (SSSR count). The average Bonchev–Trinajstić information content (AvgIpc) is 2.71. The van der Waals surface area contributed by atoms with Crippen LogP contribution in [0.3, 0.4) is 0 Å². The number of hydrogen-bond acceptors (Lipinski definition) is 3. The third-order valence-corrected chi connectivity index (χ3v) is 2.60. The summed E-state index contributed by atoms with van der Waals surface area (Å²) in [7, 11) is 1.63. The third kappa shape index (κ3) is 2.03. The molecule has 16 heavy (non-hydrogen) atoms. The quantitative estimate of drug-likeness (QED) is 0.810. The maximum Gasteiger partial charge on any atom is 0.119 e. The second-order valence-corrected chi connectivity index (χ2v) is 3.73. The molecule has 0 aliphatic rings. The summed E-state index contributed by atoms with van der Waals surface area (Å²) in [6.45, 7) is 0.169. The number of hydrogen-bond donors (Lipinski definition) is 2. The van der Waals surface area contributed by atoms with Gasteiger partial charge in [-0.1, -0.05) is 0 Å². The first-order chi connectivity index (χ1) is 7.74. The SMILES string of the molecule is COc1ccc2c(ccn2CC(O)CO)c1. The Hall–Kier alpha value is -1.52. The number of benzene rings is 1. The van der Waals surface area contributed by atoms with Gasteiger partial charge in [0.05, 0.1) is 26.4 Å². The lowest BCUT2D eigenvalue weighted by molar-refractivity contribution is 0.0822. The molecule has 1 unspecified atom stereocenters. The Morgan fingerprint density at radius 2 is 2.19 bits per heavy atom. The molecule has 1 atom stereocenters. The molecule has 86 valence electrons. The van der Waals surface area contributed by atoms with Crippen LogP contribution in [0.15, 0.2) is 30.5 Å². The highest BCUT2D eigenvalue weighted by atomic mass is 16.5. The summed E-state index contributed by atoms with van der Waals surface area (Å²) in [6.07, 6.45) is 1.17. The van der Waals surface area contributed by atoms with Gasteiger partial charge in [0, 0.05) is 17.1 Å². The highest BCUT2D eigenvalue weighted by Crippen LogP contribution is 2.21. The minimum absolute atomic E-state index is 0.226. The van der Waals surface area contributed by atoms with Crippen LogP contribution in [0.4, 0.5) is 0 Å². The van der Waals surface area contributed by atoms with Gasteiger partial charge in [0.1, 0.15) is 5.75 Å². The van der Waals surface area contributed by atoms with Crippen LogP contribution in [-0.2, 0) is 6.54 Å². The molecule has 4 heteroatoms. The van der Waals surface area contributed by atoms with Crippen molar-refractivity contribution in [1.82, 2.24) is 4.57 Å². The van der Waals surface area contributed by atoms with E-state index in [1.165, 1.54) is 0 Å². The Morgan fingerprint density at radius 1 is 1.38 bits per heavy atom. The van der Waals surface area contributed by atoms with Crippen LogP contribution in [0.2, 0.25) is 0 Å². The monoisotopic (exact) mass is 221 g/mol. The molecule has 0 aliphatic carbocycles. The van der Waals surface area contributed by atoms with Gasteiger partial charge in [0.25, 0.3) is 0 Å². The number of aliphatic hydroxyl groups excluding tert-OH is 2. The van der Waals surface area contributed by atoms with Crippen LogP contribution < -0.4 is 4.74 Å². The van der Waals surface area contributed by atoms with Gasteiger partial charge < -0.3 is 19.5 Å². The summed E-state index contributed by atoms with van der Waals surface area (Å²) < 4.78 is 7.05. The molecular formula is C12H15NO3. The molecule has 1 heterocycles. The third-order valence-electron chi connectivity index (χ3n) is 2.60. The van der Waals surface area contributed by atoms with E-state index in [0.29, 0.717) is 6.54 Å². The largest absolute Gasteiger partial charge is 0.497 e. The van der Waals surface area contributed by atoms with E-state index in [2.05, 4.69) is 0 Å². The van der Waals surface area contributed by atoms with E-state index in [1.54, 1.807) is 7.11 Å². The number of fused-ring (bicyclic) bond motifs is 1. The topological polar surface area (TPSA) is 54.6 Å². The van der Waals surface area contributed by atoms with E-state index in [4.69, 9.17) is 9.84 Å². The Bertz CT molecular complexity index is 478. The van der Waals surface area contributed by atoms with E-state index in [1.807, 2.05) is 35.0 Å². The zero-order chi connectivity index (χ0) is 11.5. The lowest BCUT2D eigenvalue weighted by Crippen LogP contribution is -2.19. The highest BCUT2D eigenvalue weighted by molar-refractivity contribution is 5.81.